The Kier molecular flexibility index (Phi) is 13.5. The van der Waals surface area contributed by atoms with Gasteiger partial charge in [-0.3, -0.25) is 0 Å². The van der Waals surface area contributed by atoms with E-state index in [2.05, 4.69) is 19.9 Å². The van der Waals surface area contributed by atoms with E-state index in [9.17, 15) is 0 Å². The first-order chi connectivity index (χ1) is 5.93. The van der Waals surface area contributed by atoms with E-state index in [4.69, 9.17) is 11.1 Å². The average Bonchev–Trinajstić information content (AvgIpc) is 2.25. The summed E-state index contributed by atoms with van der Waals surface area (Å²) in [5, 5.41) is 5.50. The quantitative estimate of drug-likeness (QED) is 0.485. The van der Waals surface area contributed by atoms with Crippen molar-refractivity contribution < 1.29 is 0 Å². The van der Waals surface area contributed by atoms with Crippen LogP contribution >= 0.6 is 0 Å². The van der Waals surface area contributed by atoms with Crippen molar-refractivity contribution >= 4 is 6.72 Å². The van der Waals surface area contributed by atoms with Gasteiger partial charge in [0.15, 0.2) is 0 Å². The molecule has 12 heavy (non-hydrogen) atoms. The maximum Gasteiger partial charge on any atom is 0.0178 e. The summed E-state index contributed by atoms with van der Waals surface area (Å²) in [6, 6.07) is 9.99. The van der Waals surface area contributed by atoms with E-state index in [0.717, 1.165) is 0 Å². The highest BCUT2D eigenvalue weighted by molar-refractivity contribution is 5.15. The highest BCUT2D eigenvalue weighted by Crippen LogP contribution is 1.94. The van der Waals surface area contributed by atoms with Crippen LogP contribution in [0.5, 0.6) is 0 Å². The minimum absolute atomic E-state index is 0.640. The molecule has 66 valence electrons. The summed E-state index contributed by atoms with van der Waals surface area (Å²) in [4.78, 5) is 0. The second kappa shape index (κ2) is 12.3. The summed E-state index contributed by atoms with van der Waals surface area (Å²) in [7, 11) is 0. The molecule has 0 amide bonds. The molecule has 0 spiro atoms. The maximum absolute atomic E-state index is 5.50. The van der Waals surface area contributed by atoms with Crippen LogP contribution in [0, 0.1) is 5.41 Å². The van der Waals surface area contributed by atoms with E-state index in [1.165, 1.54) is 5.56 Å². The van der Waals surface area contributed by atoms with Crippen molar-refractivity contribution in [2.75, 3.05) is 0 Å². The van der Waals surface area contributed by atoms with Crippen molar-refractivity contribution in [1.29, 1.82) is 5.41 Å². The van der Waals surface area contributed by atoms with Gasteiger partial charge in [-0.2, -0.15) is 0 Å². The average molecular weight is 164 g/mol. The smallest absolute Gasteiger partial charge is 0.0178 e. The lowest BCUT2D eigenvalue weighted by Crippen LogP contribution is -1.94. The Morgan fingerprint density at radius 1 is 1.08 bits per heavy atom. The molecule has 0 fully saturated rings. The van der Waals surface area contributed by atoms with Crippen LogP contribution in [0.1, 0.15) is 5.56 Å². The van der Waals surface area contributed by atoms with Crippen LogP contribution in [0.2, 0.25) is 0 Å². The van der Waals surface area contributed by atoms with Gasteiger partial charge in [0.25, 0.3) is 0 Å². The predicted molar refractivity (Wildman–Crippen MR) is 55.4 cm³/mol. The van der Waals surface area contributed by atoms with Crippen LogP contribution < -0.4 is 5.73 Å². The summed E-state index contributed by atoms with van der Waals surface area (Å²) >= 11 is 0. The molecule has 2 nitrogen and oxygen atoms in total. The van der Waals surface area contributed by atoms with E-state index in [0.29, 0.717) is 6.54 Å². The topological polar surface area (TPSA) is 49.9 Å². The molecule has 0 saturated carbocycles. The third kappa shape index (κ3) is 6.71. The normalized spacial score (nSPS) is 6.75. The molecule has 0 aliphatic rings. The molecule has 0 aliphatic heterocycles. The van der Waals surface area contributed by atoms with Crippen LogP contribution in [-0.2, 0) is 6.54 Å². The van der Waals surface area contributed by atoms with Crippen molar-refractivity contribution in [3.8, 4) is 0 Å². The van der Waals surface area contributed by atoms with E-state index < -0.39 is 0 Å². The molecule has 0 aromatic heterocycles. The molecule has 3 N–H and O–H groups in total. The summed E-state index contributed by atoms with van der Waals surface area (Å²) in [6.45, 7) is 9.14. The van der Waals surface area contributed by atoms with Gasteiger partial charge in [-0.05, 0) is 12.3 Å². The Labute approximate surface area is 74.2 Å². The fraction of sp³-hybridized carbons (Fsp3) is 0.100. The summed E-state index contributed by atoms with van der Waals surface area (Å²) < 4.78 is 0. The van der Waals surface area contributed by atoms with Gasteiger partial charge in [-0.25, -0.2) is 0 Å². The standard InChI is InChI=1S/C7H9N.C2H4.CH3N/c8-6-7-4-2-1-3-5-7;2*1-2/h1-5H,6,8H2;1-2H2;2H,1H2. The third-order valence-electron chi connectivity index (χ3n) is 1.08. The van der Waals surface area contributed by atoms with Gasteiger partial charge in [0.1, 0.15) is 0 Å². The van der Waals surface area contributed by atoms with Gasteiger partial charge in [-0.1, -0.05) is 30.3 Å². The Morgan fingerprint density at radius 2 is 1.50 bits per heavy atom. The molecule has 0 radical (unpaired) electrons. The molecule has 1 rings (SSSR count). The number of rotatable bonds is 1. The largest absolute Gasteiger partial charge is 0.326 e. The molecule has 0 saturated heterocycles. The first-order valence-corrected chi connectivity index (χ1v) is 3.53. The number of nitrogens with two attached hydrogens (primary N) is 1. The SMILES string of the molecule is C=C.C=N.NCc1ccccc1. The minimum atomic E-state index is 0.640. The molecule has 0 aliphatic carbocycles. The first-order valence-electron chi connectivity index (χ1n) is 3.53. The van der Waals surface area contributed by atoms with Crippen LogP contribution in [0.4, 0.5) is 0 Å². The van der Waals surface area contributed by atoms with Gasteiger partial charge in [0.2, 0.25) is 0 Å². The van der Waals surface area contributed by atoms with Crippen molar-refractivity contribution in [1.82, 2.24) is 0 Å². The monoisotopic (exact) mass is 164 g/mol. The highest BCUT2D eigenvalue weighted by Gasteiger charge is 1.80. The molecule has 0 bridgehead atoms. The van der Waals surface area contributed by atoms with Crippen LogP contribution in [0.3, 0.4) is 0 Å². The molecule has 1 aromatic rings. The number of hydrogen-bond donors (Lipinski definition) is 2. The van der Waals surface area contributed by atoms with Crippen molar-refractivity contribution in [3.05, 3.63) is 49.1 Å². The number of nitrogens with one attached hydrogen (secondary N) is 1. The van der Waals surface area contributed by atoms with E-state index in [-0.39, 0.29) is 0 Å². The van der Waals surface area contributed by atoms with Crippen molar-refractivity contribution in [3.63, 3.8) is 0 Å². The number of hydrogen-bond acceptors (Lipinski definition) is 2. The maximum atomic E-state index is 5.50. The van der Waals surface area contributed by atoms with Gasteiger partial charge >= 0.3 is 0 Å². The minimum Gasteiger partial charge on any atom is -0.326 e. The zero-order valence-corrected chi connectivity index (χ0v) is 7.29. The zero-order valence-electron chi connectivity index (χ0n) is 7.29. The lowest BCUT2D eigenvalue weighted by molar-refractivity contribution is 1.07. The van der Waals surface area contributed by atoms with E-state index in [1.54, 1.807) is 0 Å². The molecule has 0 atom stereocenters. The van der Waals surface area contributed by atoms with Gasteiger partial charge in [-0.15, -0.1) is 13.2 Å². The fourth-order valence-corrected chi connectivity index (χ4v) is 0.614. The molecule has 0 heterocycles. The van der Waals surface area contributed by atoms with Gasteiger partial charge in [0, 0.05) is 6.54 Å². The van der Waals surface area contributed by atoms with Crippen LogP contribution in [0.25, 0.3) is 0 Å². The number of benzene rings is 1. The highest BCUT2D eigenvalue weighted by atomic mass is 14.5. The van der Waals surface area contributed by atoms with Gasteiger partial charge in [0.05, 0.1) is 0 Å². The van der Waals surface area contributed by atoms with E-state index >= 15 is 0 Å². The van der Waals surface area contributed by atoms with Crippen LogP contribution in [-0.4, -0.2) is 6.72 Å². The lowest BCUT2D eigenvalue weighted by atomic mass is 10.2. The molecule has 2 heteroatoms. The Balaban J connectivity index is 0. The molecule has 1 aromatic carbocycles. The molecular formula is C10H16N2. The van der Waals surface area contributed by atoms with Crippen molar-refractivity contribution in [2.45, 2.75) is 6.54 Å². The lowest BCUT2D eigenvalue weighted by Gasteiger charge is -1.90. The summed E-state index contributed by atoms with van der Waals surface area (Å²) in [5.74, 6) is 0. The fourth-order valence-electron chi connectivity index (χ4n) is 0.614. The Morgan fingerprint density at radius 3 is 1.75 bits per heavy atom. The zero-order chi connectivity index (χ0) is 9.82. The molecule has 0 unspecified atom stereocenters. The second-order valence-corrected chi connectivity index (χ2v) is 1.69. The summed E-state index contributed by atoms with van der Waals surface area (Å²) in [5.41, 5.74) is 6.54. The third-order valence-corrected chi connectivity index (χ3v) is 1.08. The van der Waals surface area contributed by atoms with Crippen molar-refractivity contribution in [2.24, 2.45) is 5.73 Å². The predicted octanol–water partition coefficient (Wildman–Crippen LogP) is 2.21. The Bertz CT molecular complexity index is 170. The van der Waals surface area contributed by atoms with Gasteiger partial charge < -0.3 is 11.1 Å². The summed E-state index contributed by atoms with van der Waals surface area (Å²) in [6.07, 6.45) is 0. The second-order valence-electron chi connectivity index (χ2n) is 1.69. The molecular weight excluding hydrogens is 148 g/mol. The Hall–Kier alpha value is -1.41. The first kappa shape index (κ1) is 13.2. The van der Waals surface area contributed by atoms with E-state index in [1.807, 2.05) is 30.3 Å². The van der Waals surface area contributed by atoms with Crippen LogP contribution in [0.15, 0.2) is 43.5 Å².